The van der Waals surface area contributed by atoms with Gasteiger partial charge in [0.05, 0.1) is 23.7 Å². The molecule has 19 heavy (non-hydrogen) atoms. The van der Waals surface area contributed by atoms with Gasteiger partial charge in [-0.1, -0.05) is 6.92 Å². The van der Waals surface area contributed by atoms with Gasteiger partial charge in [-0.05, 0) is 12.5 Å². The van der Waals surface area contributed by atoms with Gasteiger partial charge in [0, 0.05) is 18.5 Å². The highest BCUT2D eigenvalue weighted by Crippen LogP contribution is 2.16. The quantitative estimate of drug-likeness (QED) is 0.871. The van der Waals surface area contributed by atoms with E-state index in [1.807, 2.05) is 6.92 Å². The van der Waals surface area contributed by atoms with Crippen molar-refractivity contribution in [1.82, 2.24) is 15.3 Å². The van der Waals surface area contributed by atoms with E-state index in [0.29, 0.717) is 17.5 Å². The minimum Gasteiger partial charge on any atom is -0.394 e. The van der Waals surface area contributed by atoms with Crippen molar-refractivity contribution in [3.8, 4) is 0 Å². The Morgan fingerprint density at radius 3 is 2.84 bits per heavy atom. The van der Waals surface area contributed by atoms with E-state index < -0.39 is 11.7 Å². The molecule has 0 aliphatic rings. The molecule has 0 saturated heterocycles. The molecule has 2 aromatic rings. The largest absolute Gasteiger partial charge is 0.394 e. The van der Waals surface area contributed by atoms with Crippen molar-refractivity contribution in [1.29, 1.82) is 0 Å². The molecule has 1 aromatic carbocycles. The Balaban J connectivity index is 2.41. The summed E-state index contributed by atoms with van der Waals surface area (Å²) in [5, 5.41) is 11.7. The molecule has 2 rings (SSSR count). The van der Waals surface area contributed by atoms with Gasteiger partial charge in [0.25, 0.3) is 5.91 Å². The first-order valence-electron chi connectivity index (χ1n) is 5.97. The summed E-state index contributed by atoms with van der Waals surface area (Å²) in [5.74, 6) is -1.01. The molecule has 1 unspecified atom stereocenters. The molecule has 0 radical (unpaired) electrons. The Kier molecular flexibility index (Phi) is 4.01. The maximum Gasteiger partial charge on any atom is 0.253 e. The molecule has 6 heteroatoms. The Morgan fingerprint density at radius 2 is 2.16 bits per heavy atom. The first kappa shape index (κ1) is 13.4. The van der Waals surface area contributed by atoms with Gasteiger partial charge in [0.2, 0.25) is 0 Å². The van der Waals surface area contributed by atoms with Crippen LogP contribution >= 0.6 is 0 Å². The van der Waals surface area contributed by atoms with Crippen molar-refractivity contribution in [2.45, 2.75) is 19.4 Å². The van der Waals surface area contributed by atoms with Gasteiger partial charge < -0.3 is 10.4 Å². The highest BCUT2D eigenvalue weighted by atomic mass is 19.1. The second-order valence-corrected chi connectivity index (χ2v) is 4.14. The van der Waals surface area contributed by atoms with Crippen LogP contribution in [0.3, 0.4) is 0 Å². The zero-order chi connectivity index (χ0) is 13.8. The topological polar surface area (TPSA) is 75.1 Å². The fraction of sp³-hybridized carbons (Fsp3) is 0.308. The van der Waals surface area contributed by atoms with E-state index in [9.17, 15) is 9.18 Å². The molecule has 0 saturated carbocycles. The second-order valence-electron chi connectivity index (χ2n) is 4.14. The lowest BCUT2D eigenvalue weighted by Crippen LogP contribution is -2.37. The van der Waals surface area contributed by atoms with Gasteiger partial charge in [0.1, 0.15) is 11.3 Å². The highest BCUT2D eigenvalue weighted by molar-refractivity contribution is 6.04. The maximum absolute atomic E-state index is 13.5. The number of hydrogen-bond acceptors (Lipinski definition) is 4. The van der Waals surface area contributed by atoms with Crippen molar-refractivity contribution in [2.75, 3.05) is 6.61 Å². The van der Waals surface area contributed by atoms with E-state index in [2.05, 4.69) is 15.3 Å². The number of aromatic nitrogens is 2. The Hall–Kier alpha value is -2.08. The zero-order valence-electron chi connectivity index (χ0n) is 10.4. The minimum absolute atomic E-state index is 0.120. The molecule has 2 N–H and O–H groups in total. The maximum atomic E-state index is 13.5. The first-order chi connectivity index (χ1) is 9.15. The summed E-state index contributed by atoms with van der Waals surface area (Å²) in [6.45, 7) is 1.67. The van der Waals surface area contributed by atoms with E-state index in [4.69, 9.17) is 5.11 Å². The molecule has 0 aliphatic carbocycles. The summed E-state index contributed by atoms with van der Waals surface area (Å²) in [6.07, 6.45) is 3.47. The molecule has 100 valence electrons. The summed E-state index contributed by atoms with van der Waals surface area (Å²) in [5.41, 5.74) is 0.786. The summed E-state index contributed by atoms with van der Waals surface area (Å²) < 4.78 is 13.5. The van der Waals surface area contributed by atoms with E-state index in [0.717, 1.165) is 6.07 Å². The lowest BCUT2D eigenvalue weighted by molar-refractivity contribution is 0.0916. The number of benzene rings is 1. The summed E-state index contributed by atoms with van der Waals surface area (Å²) >= 11 is 0. The average Bonchev–Trinajstić information content (AvgIpc) is 2.43. The minimum atomic E-state index is -0.546. The van der Waals surface area contributed by atoms with E-state index in [-0.39, 0.29) is 18.2 Å². The van der Waals surface area contributed by atoms with Crippen LogP contribution in [0.1, 0.15) is 23.7 Å². The standard InChI is InChI=1S/C13H14FN3O2/c1-2-9(7-18)17-13(19)10-5-8(14)6-11-12(10)16-4-3-15-11/h3-6,9,18H,2,7H2,1H3,(H,17,19). The first-order valence-corrected chi connectivity index (χ1v) is 5.97. The number of halogens is 1. The molecular weight excluding hydrogens is 249 g/mol. The van der Waals surface area contributed by atoms with Crippen LogP contribution in [0.15, 0.2) is 24.5 Å². The third kappa shape index (κ3) is 2.85. The average molecular weight is 263 g/mol. The van der Waals surface area contributed by atoms with Gasteiger partial charge in [-0.25, -0.2) is 4.39 Å². The zero-order valence-corrected chi connectivity index (χ0v) is 10.4. The smallest absolute Gasteiger partial charge is 0.253 e. The number of hydrogen-bond donors (Lipinski definition) is 2. The SMILES string of the molecule is CCC(CO)NC(=O)c1cc(F)cc2nccnc12. The van der Waals surface area contributed by atoms with Crippen molar-refractivity contribution >= 4 is 16.9 Å². The third-order valence-corrected chi connectivity index (χ3v) is 2.83. The number of rotatable bonds is 4. The lowest BCUT2D eigenvalue weighted by atomic mass is 10.1. The molecule has 0 aliphatic heterocycles. The number of nitrogens with one attached hydrogen (secondary N) is 1. The number of amides is 1. The molecule has 1 amide bonds. The summed E-state index contributed by atoms with van der Waals surface area (Å²) in [4.78, 5) is 20.1. The molecule has 0 spiro atoms. The number of nitrogens with zero attached hydrogens (tertiary/aromatic N) is 2. The van der Waals surface area contributed by atoms with Gasteiger partial charge in [0.15, 0.2) is 0 Å². The molecular formula is C13H14FN3O2. The molecule has 1 aromatic heterocycles. The van der Waals surface area contributed by atoms with Gasteiger partial charge >= 0.3 is 0 Å². The van der Waals surface area contributed by atoms with E-state index >= 15 is 0 Å². The van der Waals surface area contributed by atoms with Crippen LogP contribution in [0, 0.1) is 5.82 Å². The van der Waals surface area contributed by atoms with E-state index in [1.165, 1.54) is 18.5 Å². The second kappa shape index (κ2) is 5.71. The van der Waals surface area contributed by atoms with Crippen LogP contribution in [-0.2, 0) is 0 Å². The molecule has 0 bridgehead atoms. The fourth-order valence-electron chi connectivity index (χ4n) is 1.75. The number of fused-ring (bicyclic) bond motifs is 1. The van der Waals surface area contributed by atoms with E-state index in [1.54, 1.807) is 0 Å². The number of aliphatic hydroxyl groups is 1. The van der Waals surface area contributed by atoms with Crippen molar-refractivity contribution in [3.63, 3.8) is 0 Å². The molecule has 1 atom stereocenters. The Bertz CT molecular complexity index is 599. The highest BCUT2D eigenvalue weighted by Gasteiger charge is 2.16. The van der Waals surface area contributed by atoms with Gasteiger partial charge in [-0.15, -0.1) is 0 Å². The fourth-order valence-corrected chi connectivity index (χ4v) is 1.75. The van der Waals surface area contributed by atoms with Crippen LogP contribution in [0.2, 0.25) is 0 Å². The predicted molar refractivity (Wildman–Crippen MR) is 68.1 cm³/mol. The normalized spacial score (nSPS) is 12.4. The molecule has 5 nitrogen and oxygen atoms in total. The van der Waals surface area contributed by atoms with Crippen LogP contribution < -0.4 is 5.32 Å². The third-order valence-electron chi connectivity index (χ3n) is 2.83. The van der Waals surface area contributed by atoms with Crippen molar-refractivity contribution < 1.29 is 14.3 Å². The lowest BCUT2D eigenvalue weighted by Gasteiger charge is -2.14. The van der Waals surface area contributed by atoms with Crippen molar-refractivity contribution in [3.05, 3.63) is 35.9 Å². The number of aliphatic hydroxyl groups excluding tert-OH is 1. The van der Waals surface area contributed by atoms with Crippen LogP contribution in [0.5, 0.6) is 0 Å². The Morgan fingerprint density at radius 1 is 1.42 bits per heavy atom. The van der Waals surface area contributed by atoms with Crippen LogP contribution in [0.25, 0.3) is 11.0 Å². The summed E-state index contributed by atoms with van der Waals surface area (Å²) in [6, 6.07) is 1.99. The van der Waals surface area contributed by atoms with Gasteiger partial charge in [-0.3, -0.25) is 14.8 Å². The molecule has 0 fully saturated rings. The number of carbonyl (C=O) groups excluding carboxylic acids is 1. The number of carbonyl (C=O) groups is 1. The van der Waals surface area contributed by atoms with Crippen LogP contribution in [-0.4, -0.2) is 33.6 Å². The summed E-state index contributed by atoms with van der Waals surface area (Å²) in [7, 11) is 0. The monoisotopic (exact) mass is 263 g/mol. The Labute approximate surface area is 109 Å². The van der Waals surface area contributed by atoms with Crippen LogP contribution in [0.4, 0.5) is 4.39 Å². The molecule has 1 heterocycles. The van der Waals surface area contributed by atoms with Gasteiger partial charge in [-0.2, -0.15) is 0 Å². The van der Waals surface area contributed by atoms with Crippen molar-refractivity contribution in [2.24, 2.45) is 0 Å². The predicted octanol–water partition coefficient (Wildman–Crippen LogP) is 1.27.